The number of hydrogen-bond acceptors (Lipinski definition) is 14. The lowest BCUT2D eigenvalue weighted by molar-refractivity contribution is -0.150. The van der Waals surface area contributed by atoms with Gasteiger partial charge in [0.2, 0.25) is 10.8 Å². The van der Waals surface area contributed by atoms with E-state index in [1.165, 1.54) is 28.0 Å². The molecule has 70 heavy (non-hydrogen) atoms. The summed E-state index contributed by atoms with van der Waals surface area (Å²) in [5, 5.41) is 34.7. The highest BCUT2D eigenvalue weighted by atomic mass is 32.2. The van der Waals surface area contributed by atoms with Crippen LogP contribution in [-0.2, 0) is 30.4 Å². The van der Waals surface area contributed by atoms with Crippen LogP contribution in [0.2, 0.25) is 0 Å². The standard InChI is InChI=1S/C52H42N10O5S3/c53-62-50(57-59-60-62)70-32-34-31-68-47-43(46(64)61(47)44(34)48(65)66)55-45(63)42(58-67-52(38-25-13-4-14-26-38,39-27-15-5-16-28-39)40-29-17-6-18-30-40)41-33-69-49(54-41)56-51(35-19-7-1-8-20-35,36-21-9-2-10-22-36)37-23-11-3-12-24-37/h1-30,33,43,47H,31-32,53H2,(H,54,56)(H,55,63)(H,65,66)/t43-,47+/m1/s1. The lowest BCUT2D eigenvalue weighted by Gasteiger charge is -2.49. The van der Waals surface area contributed by atoms with Gasteiger partial charge in [-0.15, -0.1) is 27.9 Å². The van der Waals surface area contributed by atoms with Crippen LogP contribution in [0.25, 0.3) is 0 Å². The van der Waals surface area contributed by atoms with Gasteiger partial charge in [0.15, 0.2) is 10.8 Å². The molecule has 0 bridgehead atoms. The molecule has 18 heteroatoms. The first-order chi connectivity index (χ1) is 34.3. The second-order valence-electron chi connectivity index (χ2n) is 16.1. The van der Waals surface area contributed by atoms with Gasteiger partial charge in [-0.25, -0.2) is 9.78 Å². The van der Waals surface area contributed by atoms with E-state index < -0.39 is 40.3 Å². The number of nitrogen functional groups attached to an aromatic ring is 1. The number of carboxylic acids is 1. The number of nitrogens with two attached hydrogens (primary N) is 1. The van der Waals surface area contributed by atoms with Crippen molar-refractivity contribution < 1.29 is 24.3 Å². The van der Waals surface area contributed by atoms with Crippen molar-refractivity contribution in [1.82, 2.24) is 35.5 Å². The number of thioether (sulfide) groups is 2. The van der Waals surface area contributed by atoms with E-state index in [4.69, 9.17) is 20.8 Å². The van der Waals surface area contributed by atoms with E-state index in [1.807, 2.05) is 146 Å². The van der Waals surface area contributed by atoms with E-state index in [9.17, 15) is 14.7 Å². The Morgan fingerprint density at radius 3 is 1.70 bits per heavy atom. The van der Waals surface area contributed by atoms with Gasteiger partial charge in [-0.1, -0.05) is 204 Å². The van der Waals surface area contributed by atoms with E-state index in [1.54, 1.807) is 5.38 Å². The predicted octanol–water partition coefficient (Wildman–Crippen LogP) is 7.49. The van der Waals surface area contributed by atoms with Crippen LogP contribution >= 0.6 is 34.9 Å². The van der Waals surface area contributed by atoms with E-state index >= 15 is 4.79 Å². The number of benzene rings is 6. The van der Waals surface area contributed by atoms with Crippen molar-refractivity contribution in [3.05, 3.63) is 238 Å². The summed E-state index contributed by atoms with van der Waals surface area (Å²) in [7, 11) is 0. The highest BCUT2D eigenvalue weighted by Crippen LogP contribution is 2.44. The molecule has 4 heterocycles. The van der Waals surface area contributed by atoms with E-state index in [0.717, 1.165) is 49.9 Å². The maximum Gasteiger partial charge on any atom is 0.352 e. The summed E-state index contributed by atoms with van der Waals surface area (Å²) in [6.07, 6.45) is 0. The Labute approximate surface area is 414 Å². The van der Waals surface area contributed by atoms with Crippen LogP contribution in [-0.4, -0.2) is 81.7 Å². The van der Waals surface area contributed by atoms with Gasteiger partial charge in [-0.05, 0) is 32.7 Å². The largest absolute Gasteiger partial charge is 0.477 e. The number of fused-ring (bicyclic) bond motifs is 1. The quantitative estimate of drug-likeness (QED) is 0.0175. The molecule has 6 aromatic carbocycles. The molecule has 348 valence electrons. The van der Waals surface area contributed by atoms with Crippen molar-refractivity contribution in [2.45, 2.75) is 27.7 Å². The topological polar surface area (TPSA) is 203 Å². The number of nitrogens with one attached hydrogen (secondary N) is 2. The molecule has 0 saturated carbocycles. The summed E-state index contributed by atoms with van der Waals surface area (Å²) in [5.41, 5.74) is 3.04. The fraction of sp³-hybridized carbons (Fsp3) is 0.115. The SMILES string of the molecule is Nn1nnnc1SCC1=C(C(=O)O)N2C(=O)[C@@H](NC(=O)C(=NOC(c3ccccc3)(c3ccccc3)c3ccccc3)c3csc(NC(c4ccccc4)(c4ccccc4)c4ccccc4)n3)[C@@H]2SC1. The van der Waals surface area contributed by atoms with Crippen molar-refractivity contribution in [2.24, 2.45) is 5.16 Å². The molecular formula is C52H42N10O5S3. The molecular weight excluding hydrogens is 941 g/mol. The Hall–Kier alpha value is -8.06. The predicted molar refractivity (Wildman–Crippen MR) is 270 cm³/mol. The minimum Gasteiger partial charge on any atom is -0.477 e. The number of tetrazole rings is 1. The molecule has 2 aromatic heterocycles. The average Bonchev–Trinajstić information content (AvgIpc) is 4.06. The van der Waals surface area contributed by atoms with Crippen molar-refractivity contribution in [2.75, 3.05) is 22.7 Å². The summed E-state index contributed by atoms with van der Waals surface area (Å²) < 4.78 is 0. The maximum absolute atomic E-state index is 15.1. The second kappa shape index (κ2) is 19.9. The Balaban J connectivity index is 1.06. The maximum atomic E-state index is 15.1. The van der Waals surface area contributed by atoms with Gasteiger partial charge < -0.3 is 26.4 Å². The molecule has 10 rings (SSSR count). The van der Waals surface area contributed by atoms with Crippen LogP contribution in [0.15, 0.2) is 209 Å². The number of carbonyl (C=O) groups is 3. The minimum atomic E-state index is -1.37. The number of rotatable bonds is 17. The Morgan fingerprint density at radius 1 is 0.757 bits per heavy atom. The van der Waals surface area contributed by atoms with Crippen LogP contribution in [0.4, 0.5) is 5.13 Å². The lowest BCUT2D eigenvalue weighted by Crippen LogP contribution is -2.71. The Bertz CT molecular complexity index is 3010. The van der Waals surface area contributed by atoms with Crippen molar-refractivity contribution in [1.29, 1.82) is 0 Å². The zero-order valence-electron chi connectivity index (χ0n) is 37.0. The van der Waals surface area contributed by atoms with Gasteiger partial charge >= 0.3 is 5.97 Å². The fourth-order valence-corrected chi connectivity index (χ4v) is 11.8. The van der Waals surface area contributed by atoms with Gasteiger partial charge in [-0.2, -0.15) is 0 Å². The van der Waals surface area contributed by atoms with Crippen molar-refractivity contribution >= 4 is 63.5 Å². The molecule has 0 spiro atoms. The van der Waals surface area contributed by atoms with Gasteiger partial charge in [-0.3, -0.25) is 14.5 Å². The fourth-order valence-electron chi connectivity index (χ4n) is 8.81. The van der Waals surface area contributed by atoms with E-state index in [-0.39, 0.29) is 33.8 Å². The summed E-state index contributed by atoms with van der Waals surface area (Å²) in [5.74, 6) is 3.59. The normalized spacial score (nSPS) is 16.0. The second-order valence-corrected chi connectivity index (χ2v) is 19.0. The summed E-state index contributed by atoms with van der Waals surface area (Å²) >= 11 is 3.76. The van der Waals surface area contributed by atoms with Gasteiger partial charge in [0.25, 0.3) is 11.8 Å². The Morgan fingerprint density at radius 2 is 1.24 bits per heavy atom. The first kappa shape index (κ1) is 45.7. The molecule has 2 aliphatic heterocycles. The lowest BCUT2D eigenvalue weighted by atomic mass is 9.77. The number of hydrogen-bond donors (Lipinski definition) is 4. The zero-order valence-corrected chi connectivity index (χ0v) is 39.4. The van der Waals surface area contributed by atoms with Crippen LogP contribution in [0.3, 0.4) is 0 Å². The van der Waals surface area contributed by atoms with E-state index in [0.29, 0.717) is 10.7 Å². The molecule has 15 nitrogen and oxygen atoms in total. The Kier molecular flexibility index (Phi) is 13.0. The van der Waals surface area contributed by atoms with Gasteiger partial charge in [0.05, 0.1) is 0 Å². The molecule has 8 aromatic rings. The van der Waals surface area contributed by atoms with Crippen LogP contribution in [0.1, 0.15) is 39.1 Å². The zero-order chi connectivity index (χ0) is 48.1. The number of carboxylic acid groups (broad SMARTS) is 1. The number of carbonyl (C=O) groups excluding carboxylic acids is 2. The smallest absolute Gasteiger partial charge is 0.352 e. The molecule has 0 aliphatic carbocycles. The summed E-state index contributed by atoms with van der Waals surface area (Å²) in [6, 6.07) is 58.0. The molecule has 2 atom stereocenters. The molecule has 0 unspecified atom stereocenters. The number of aromatic nitrogens is 5. The monoisotopic (exact) mass is 982 g/mol. The van der Waals surface area contributed by atoms with Gasteiger partial charge in [0.1, 0.15) is 28.3 Å². The third kappa shape index (κ3) is 8.56. The molecule has 1 fully saturated rings. The summed E-state index contributed by atoms with van der Waals surface area (Å²) in [4.78, 5) is 56.1. The van der Waals surface area contributed by atoms with E-state index in [2.05, 4.69) is 62.6 Å². The van der Waals surface area contributed by atoms with Crippen molar-refractivity contribution in [3.63, 3.8) is 0 Å². The third-order valence-corrected chi connectivity index (χ3v) is 15.2. The number of anilines is 1. The average molecular weight is 983 g/mol. The molecule has 1 saturated heterocycles. The highest BCUT2D eigenvalue weighted by molar-refractivity contribution is 8.01. The number of aliphatic carboxylic acids is 1. The summed E-state index contributed by atoms with van der Waals surface area (Å²) in [6.45, 7) is 0. The number of amides is 2. The number of oxime groups is 1. The highest BCUT2D eigenvalue weighted by Gasteiger charge is 2.54. The first-order valence-corrected chi connectivity index (χ1v) is 24.9. The van der Waals surface area contributed by atoms with Gasteiger partial charge in [0, 0.05) is 33.6 Å². The number of nitrogens with zero attached hydrogens (tertiary/aromatic N) is 7. The van der Waals surface area contributed by atoms with Crippen LogP contribution < -0.4 is 16.5 Å². The minimum absolute atomic E-state index is 0.160. The molecule has 5 N–H and O–H groups in total. The third-order valence-electron chi connectivity index (χ3n) is 12.1. The van der Waals surface area contributed by atoms with Crippen molar-refractivity contribution in [3.8, 4) is 0 Å². The van der Waals surface area contributed by atoms with Crippen LogP contribution in [0, 0.1) is 0 Å². The molecule has 2 aliphatic rings. The first-order valence-electron chi connectivity index (χ1n) is 22.0. The molecule has 0 radical (unpaired) electrons. The number of thiazole rings is 1. The van der Waals surface area contributed by atoms with Crippen LogP contribution in [0.5, 0.6) is 0 Å². The number of β-lactam (4-membered cyclic amide) rings is 1. The molecule has 2 amide bonds.